The van der Waals surface area contributed by atoms with Gasteiger partial charge in [0, 0.05) is 37.3 Å². The number of nitro benzene ring substituents is 1. The molecule has 0 amide bonds. The van der Waals surface area contributed by atoms with Gasteiger partial charge in [-0.2, -0.15) is 0 Å². The SMILES string of the molecule is O=[N+]([O-])c1ccccc1OCCN1CCCN(Cc2ccc(Cl)cc2)CC1. The van der Waals surface area contributed by atoms with Crippen molar-refractivity contribution in [2.45, 2.75) is 13.0 Å². The zero-order valence-electron chi connectivity index (χ0n) is 15.2. The van der Waals surface area contributed by atoms with Crippen LogP contribution in [0.2, 0.25) is 5.02 Å². The summed E-state index contributed by atoms with van der Waals surface area (Å²) < 4.78 is 5.67. The number of rotatable bonds is 7. The molecule has 0 atom stereocenters. The molecule has 0 aromatic heterocycles. The van der Waals surface area contributed by atoms with E-state index in [4.69, 9.17) is 16.3 Å². The number of para-hydroxylation sites is 2. The summed E-state index contributed by atoms with van der Waals surface area (Å²) in [7, 11) is 0. The molecule has 1 heterocycles. The fraction of sp³-hybridized carbons (Fsp3) is 0.400. The molecule has 1 aliphatic heterocycles. The fourth-order valence-electron chi connectivity index (χ4n) is 3.27. The number of hydrogen-bond donors (Lipinski definition) is 0. The van der Waals surface area contributed by atoms with Gasteiger partial charge in [-0.15, -0.1) is 0 Å². The molecule has 1 saturated heterocycles. The van der Waals surface area contributed by atoms with E-state index < -0.39 is 4.92 Å². The van der Waals surface area contributed by atoms with Crippen molar-refractivity contribution in [1.82, 2.24) is 9.80 Å². The Morgan fingerprint density at radius 2 is 1.70 bits per heavy atom. The number of benzene rings is 2. The first-order valence-corrected chi connectivity index (χ1v) is 9.55. The first-order chi connectivity index (χ1) is 13.1. The zero-order chi connectivity index (χ0) is 19.1. The number of nitro groups is 1. The number of halogens is 1. The van der Waals surface area contributed by atoms with Crippen LogP contribution in [0.3, 0.4) is 0 Å². The highest BCUT2D eigenvalue weighted by Crippen LogP contribution is 2.25. The quantitative estimate of drug-likeness (QED) is 0.532. The number of ether oxygens (including phenoxy) is 1. The van der Waals surface area contributed by atoms with Crippen LogP contribution in [0.15, 0.2) is 48.5 Å². The second-order valence-electron chi connectivity index (χ2n) is 6.67. The minimum absolute atomic E-state index is 0.0162. The van der Waals surface area contributed by atoms with Crippen molar-refractivity contribution in [2.24, 2.45) is 0 Å². The Kier molecular flexibility index (Phi) is 7.04. The second kappa shape index (κ2) is 9.69. The van der Waals surface area contributed by atoms with Crippen LogP contribution >= 0.6 is 11.6 Å². The summed E-state index contributed by atoms with van der Waals surface area (Å²) >= 11 is 5.95. The van der Waals surface area contributed by atoms with Gasteiger partial charge < -0.3 is 4.74 Å². The minimum atomic E-state index is -0.407. The van der Waals surface area contributed by atoms with Crippen molar-refractivity contribution in [3.05, 3.63) is 69.2 Å². The van der Waals surface area contributed by atoms with Gasteiger partial charge in [0.1, 0.15) is 6.61 Å². The molecular formula is C20H24ClN3O3. The Bertz CT molecular complexity index is 754. The van der Waals surface area contributed by atoms with Crippen molar-refractivity contribution >= 4 is 17.3 Å². The van der Waals surface area contributed by atoms with Gasteiger partial charge >= 0.3 is 5.69 Å². The molecule has 1 aliphatic rings. The van der Waals surface area contributed by atoms with Gasteiger partial charge in [-0.05, 0) is 43.3 Å². The molecular weight excluding hydrogens is 366 g/mol. The van der Waals surface area contributed by atoms with E-state index in [1.54, 1.807) is 18.2 Å². The summed E-state index contributed by atoms with van der Waals surface area (Å²) in [6.45, 7) is 6.17. The highest BCUT2D eigenvalue weighted by Gasteiger charge is 2.17. The standard InChI is InChI=1S/C20H24ClN3O3/c21-18-8-6-17(7-9-18)16-23-11-3-10-22(12-13-23)14-15-27-20-5-2-1-4-19(20)24(25)26/h1-2,4-9H,3,10-16H2. The molecule has 0 aliphatic carbocycles. The van der Waals surface area contributed by atoms with Crippen molar-refractivity contribution < 1.29 is 9.66 Å². The molecule has 7 heteroatoms. The summed E-state index contributed by atoms with van der Waals surface area (Å²) in [6.07, 6.45) is 1.10. The van der Waals surface area contributed by atoms with Crippen LogP contribution in [-0.2, 0) is 6.54 Å². The van der Waals surface area contributed by atoms with Crippen LogP contribution < -0.4 is 4.74 Å². The lowest BCUT2D eigenvalue weighted by Crippen LogP contribution is -2.33. The smallest absolute Gasteiger partial charge is 0.310 e. The highest BCUT2D eigenvalue weighted by atomic mass is 35.5. The molecule has 2 aromatic rings. The summed E-state index contributed by atoms with van der Waals surface area (Å²) in [5.74, 6) is 0.335. The average molecular weight is 390 g/mol. The molecule has 0 bridgehead atoms. The number of hydrogen-bond acceptors (Lipinski definition) is 5. The minimum Gasteiger partial charge on any atom is -0.485 e. The van der Waals surface area contributed by atoms with Gasteiger partial charge in [-0.1, -0.05) is 35.9 Å². The van der Waals surface area contributed by atoms with Crippen LogP contribution in [0.4, 0.5) is 5.69 Å². The van der Waals surface area contributed by atoms with Gasteiger partial charge in [-0.25, -0.2) is 0 Å². The Morgan fingerprint density at radius 3 is 2.48 bits per heavy atom. The number of nitrogens with zero attached hydrogens (tertiary/aromatic N) is 3. The van der Waals surface area contributed by atoms with E-state index in [2.05, 4.69) is 21.9 Å². The van der Waals surface area contributed by atoms with Gasteiger partial charge in [0.05, 0.1) is 4.92 Å². The Labute approximate surface area is 164 Å². The van der Waals surface area contributed by atoms with Gasteiger partial charge in [0.15, 0.2) is 5.75 Å². The van der Waals surface area contributed by atoms with Crippen molar-refractivity contribution in [2.75, 3.05) is 39.3 Å². The van der Waals surface area contributed by atoms with Crippen LogP contribution in [0, 0.1) is 10.1 Å². The van der Waals surface area contributed by atoms with Gasteiger partial charge in [-0.3, -0.25) is 19.9 Å². The van der Waals surface area contributed by atoms with E-state index in [0.717, 1.165) is 50.7 Å². The second-order valence-corrected chi connectivity index (χ2v) is 7.11. The van der Waals surface area contributed by atoms with Crippen molar-refractivity contribution in [3.63, 3.8) is 0 Å². The Balaban J connectivity index is 1.45. The summed E-state index contributed by atoms with van der Waals surface area (Å²) in [5, 5.41) is 11.8. The monoisotopic (exact) mass is 389 g/mol. The molecule has 3 rings (SSSR count). The maximum absolute atomic E-state index is 11.0. The third-order valence-corrected chi connectivity index (χ3v) is 4.98. The molecule has 6 nitrogen and oxygen atoms in total. The third kappa shape index (κ3) is 5.92. The summed E-state index contributed by atoms with van der Waals surface area (Å²) in [4.78, 5) is 15.4. The first kappa shape index (κ1) is 19.6. The van der Waals surface area contributed by atoms with Crippen molar-refractivity contribution in [1.29, 1.82) is 0 Å². The maximum atomic E-state index is 11.0. The zero-order valence-corrected chi connectivity index (χ0v) is 16.0. The average Bonchev–Trinajstić information content (AvgIpc) is 2.89. The molecule has 0 N–H and O–H groups in total. The van der Waals surface area contributed by atoms with Gasteiger partial charge in [0.25, 0.3) is 0 Å². The highest BCUT2D eigenvalue weighted by molar-refractivity contribution is 6.30. The van der Waals surface area contributed by atoms with E-state index in [-0.39, 0.29) is 5.69 Å². The maximum Gasteiger partial charge on any atom is 0.310 e. The van der Waals surface area contributed by atoms with Gasteiger partial charge in [0.2, 0.25) is 0 Å². The fourth-order valence-corrected chi connectivity index (χ4v) is 3.39. The molecule has 0 radical (unpaired) electrons. The molecule has 1 fully saturated rings. The molecule has 144 valence electrons. The predicted octanol–water partition coefficient (Wildman–Crippen LogP) is 3.83. The van der Waals surface area contributed by atoms with Crippen LogP contribution in [0.1, 0.15) is 12.0 Å². The van der Waals surface area contributed by atoms with Crippen molar-refractivity contribution in [3.8, 4) is 5.75 Å². The molecule has 0 saturated carbocycles. The molecule has 0 unspecified atom stereocenters. The summed E-state index contributed by atoms with van der Waals surface area (Å²) in [6, 6.07) is 14.5. The lowest BCUT2D eigenvalue weighted by Gasteiger charge is -2.22. The topological polar surface area (TPSA) is 58.9 Å². The van der Waals surface area contributed by atoms with Crippen LogP contribution in [-0.4, -0.2) is 54.1 Å². The summed E-state index contributed by atoms with van der Waals surface area (Å²) in [5.41, 5.74) is 1.29. The molecule has 27 heavy (non-hydrogen) atoms. The predicted molar refractivity (Wildman–Crippen MR) is 106 cm³/mol. The van der Waals surface area contributed by atoms with E-state index >= 15 is 0 Å². The Morgan fingerprint density at radius 1 is 1.00 bits per heavy atom. The van der Waals surface area contributed by atoms with E-state index in [0.29, 0.717) is 12.4 Å². The normalized spacial score (nSPS) is 16.0. The van der Waals surface area contributed by atoms with Crippen LogP contribution in [0.25, 0.3) is 0 Å². The lowest BCUT2D eigenvalue weighted by molar-refractivity contribution is -0.385. The van der Waals surface area contributed by atoms with Crippen LogP contribution in [0.5, 0.6) is 5.75 Å². The largest absolute Gasteiger partial charge is 0.485 e. The lowest BCUT2D eigenvalue weighted by atomic mass is 10.2. The van der Waals surface area contributed by atoms with E-state index in [1.165, 1.54) is 11.6 Å². The Hall–Kier alpha value is -2.15. The van der Waals surface area contributed by atoms with E-state index in [1.807, 2.05) is 12.1 Å². The third-order valence-electron chi connectivity index (χ3n) is 4.73. The first-order valence-electron chi connectivity index (χ1n) is 9.17. The molecule has 2 aromatic carbocycles. The van der Waals surface area contributed by atoms with E-state index in [9.17, 15) is 10.1 Å². The molecule has 0 spiro atoms.